The molecule has 0 radical (unpaired) electrons. The molecule has 0 unspecified atom stereocenters. The molecular weight excluding hydrogens is 362 g/mol. The van der Waals surface area contributed by atoms with Crippen molar-refractivity contribution in [2.75, 3.05) is 6.61 Å². The number of benzene rings is 2. The number of carbonyl (C=O) groups excluding carboxylic acids is 1. The van der Waals surface area contributed by atoms with Gasteiger partial charge in [-0.1, -0.05) is 24.3 Å². The van der Waals surface area contributed by atoms with Crippen molar-refractivity contribution in [3.63, 3.8) is 0 Å². The summed E-state index contributed by atoms with van der Waals surface area (Å²) in [6.45, 7) is 2.99. The minimum absolute atomic E-state index is 0.139. The average molecular weight is 383 g/mol. The molecular formula is C24H21N3O2. The van der Waals surface area contributed by atoms with Crippen molar-refractivity contribution in [2.45, 2.75) is 13.5 Å². The zero-order valence-electron chi connectivity index (χ0n) is 16.1. The number of amides is 1. The van der Waals surface area contributed by atoms with Gasteiger partial charge in [0, 0.05) is 29.9 Å². The van der Waals surface area contributed by atoms with Crippen LogP contribution in [0.3, 0.4) is 0 Å². The maximum Gasteiger partial charge on any atom is 0.252 e. The van der Waals surface area contributed by atoms with Gasteiger partial charge in [-0.3, -0.25) is 9.78 Å². The maximum atomic E-state index is 13.0. The van der Waals surface area contributed by atoms with Crippen molar-refractivity contribution < 1.29 is 9.53 Å². The average Bonchev–Trinajstić information content (AvgIpc) is 2.78. The number of hydrogen-bond donors (Lipinski definition) is 1. The summed E-state index contributed by atoms with van der Waals surface area (Å²) >= 11 is 0. The van der Waals surface area contributed by atoms with Crippen LogP contribution in [0.1, 0.15) is 22.8 Å². The molecule has 0 spiro atoms. The zero-order valence-corrected chi connectivity index (χ0v) is 16.1. The molecule has 0 atom stereocenters. The second kappa shape index (κ2) is 8.52. The Morgan fingerprint density at radius 2 is 1.86 bits per heavy atom. The lowest BCUT2D eigenvalue weighted by Crippen LogP contribution is -2.23. The topological polar surface area (TPSA) is 64.1 Å². The second-order valence-corrected chi connectivity index (χ2v) is 6.57. The van der Waals surface area contributed by atoms with E-state index in [1.807, 2.05) is 73.7 Å². The van der Waals surface area contributed by atoms with E-state index in [9.17, 15) is 4.79 Å². The van der Waals surface area contributed by atoms with Crippen molar-refractivity contribution in [3.8, 4) is 17.0 Å². The molecule has 0 bridgehead atoms. The largest absolute Gasteiger partial charge is 0.494 e. The van der Waals surface area contributed by atoms with Crippen molar-refractivity contribution in [3.05, 3.63) is 90.3 Å². The van der Waals surface area contributed by atoms with Crippen LogP contribution in [0.4, 0.5) is 0 Å². The molecule has 2 heterocycles. The first kappa shape index (κ1) is 18.6. The molecule has 1 N–H and O–H groups in total. The van der Waals surface area contributed by atoms with Crippen LogP contribution in [0.15, 0.2) is 79.1 Å². The van der Waals surface area contributed by atoms with Crippen LogP contribution in [0.5, 0.6) is 5.75 Å². The Morgan fingerprint density at radius 3 is 2.62 bits per heavy atom. The number of carbonyl (C=O) groups is 1. The van der Waals surface area contributed by atoms with Gasteiger partial charge >= 0.3 is 0 Å². The van der Waals surface area contributed by atoms with E-state index in [2.05, 4.69) is 10.3 Å². The van der Waals surface area contributed by atoms with Gasteiger partial charge in [0.15, 0.2) is 0 Å². The number of nitrogens with one attached hydrogen (secondary N) is 1. The van der Waals surface area contributed by atoms with Gasteiger partial charge in [0.1, 0.15) is 5.75 Å². The van der Waals surface area contributed by atoms with Crippen LogP contribution < -0.4 is 10.1 Å². The Kier molecular flexibility index (Phi) is 5.47. The summed E-state index contributed by atoms with van der Waals surface area (Å²) in [5.41, 5.74) is 4.01. The fourth-order valence-corrected chi connectivity index (χ4v) is 3.18. The Labute approximate surface area is 169 Å². The summed E-state index contributed by atoms with van der Waals surface area (Å²) in [6.07, 6.45) is 3.46. The lowest BCUT2D eigenvalue weighted by atomic mass is 10.0. The van der Waals surface area contributed by atoms with Crippen LogP contribution in [0, 0.1) is 0 Å². The molecule has 4 aromatic rings. The highest BCUT2D eigenvalue weighted by atomic mass is 16.5. The molecule has 2 aromatic heterocycles. The Balaban J connectivity index is 1.68. The molecule has 0 aliphatic heterocycles. The zero-order chi connectivity index (χ0) is 20.1. The standard InChI is InChI=1S/C24H21N3O2/c1-2-29-19-11-9-18(10-12-19)23-14-21(20-7-3-4-8-22(20)27-23)24(28)26-16-17-6-5-13-25-15-17/h3-15H,2,16H2,1H3,(H,26,28). The molecule has 5 heteroatoms. The number of rotatable bonds is 6. The van der Waals surface area contributed by atoms with Gasteiger partial charge in [0.05, 0.1) is 23.4 Å². The maximum absolute atomic E-state index is 13.0. The van der Waals surface area contributed by atoms with E-state index in [1.54, 1.807) is 12.4 Å². The highest BCUT2D eigenvalue weighted by Crippen LogP contribution is 2.26. The Bertz CT molecular complexity index is 1130. The number of pyridine rings is 2. The summed E-state index contributed by atoms with van der Waals surface area (Å²) in [4.78, 5) is 21.8. The molecule has 144 valence electrons. The summed E-state index contributed by atoms with van der Waals surface area (Å²) in [5.74, 6) is 0.672. The molecule has 2 aromatic carbocycles. The normalized spacial score (nSPS) is 10.7. The van der Waals surface area contributed by atoms with Crippen LogP contribution >= 0.6 is 0 Å². The summed E-state index contributed by atoms with van der Waals surface area (Å²) in [6, 6.07) is 21.1. The first-order chi connectivity index (χ1) is 14.2. The molecule has 29 heavy (non-hydrogen) atoms. The predicted molar refractivity (Wildman–Crippen MR) is 114 cm³/mol. The Morgan fingerprint density at radius 1 is 1.03 bits per heavy atom. The van der Waals surface area contributed by atoms with Crippen molar-refractivity contribution in [1.29, 1.82) is 0 Å². The summed E-state index contributed by atoms with van der Waals surface area (Å²) < 4.78 is 5.51. The van der Waals surface area contributed by atoms with Crippen LogP contribution in [-0.2, 0) is 6.54 Å². The van der Waals surface area contributed by atoms with Crippen LogP contribution in [0.2, 0.25) is 0 Å². The number of hydrogen-bond acceptors (Lipinski definition) is 4. The summed E-state index contributed by atoms with van der Waals surface area (Å²) in [5, 5.41) is 3.81. The smallest absolute Gasteiger partial charge is 0.252 e. The lowest BCUT2D eigenvalue weighted by Gasteiger charge is -2.11. The van der Waals surface area contributed by atoms with Gasteiger partial charge in [-0.25, -0.2) is 4.98 Å². The van der Waals surface area contributed by atoms with Crippen molar-refractivity contribution in [2.24, 2.45) is 0 Å². The van der Waals surface area contributed by atoms with Gasteiger partial charge < -0.3 is 10.1 Å². The predicted octanol–water partition coefficient (Wildman–Crippen LogP) is 4.63. The van der Waals surface area contributed by atoms with E-state index in [0.717, 1.165) is 33.5 Å². The first-order valence-corrected chi connectivity index (χ1v) is 9.54. The number of fused-ring (bicyclic) bond motifs is 1. The van der Waals surface area contributed by atoms with Gasteiger partial charge in [0.2, 0.25) is 0 Å². The van der Waals surface area contributed by atoms with E-state index < -0.39 is 0 Å². The van der Waals surface area contributed by atoms with Gasteiger partial charge in [-0.15, -0.1) is 0 Å². The quantitative estimate of drug-likeness (QED) is 0.527. The molecule has 0 saturated carbocycles. The fourth-order valence-electron chi connectivity index (χ4n) is 3.18. The highest BCUT2D eigenvalue weighted by Gasteiger charge is 2.14. The molecule has 4 rings (SSSR count). The van der Waals surface area contributed by atoms with E-state index in [-0.39, 0.29) is 5.91 Å². The highest BCUT2D eigenvalue weighted by molar-refractivity contribution is 6.07. The summed E-state index contributed by atoms with van der Waals surface area (Å²) in [7, 11) is 0. The molecule has 5 nitrogen and oxygen atoms in total. The minimum atomic E-state index is -0.139. The van der Waals surface area contributed by atoms with E-state index in [0.29, 0.717) is 18.7 Å². The van der Waals surface area contributed by atoms with Crippen molar-refractivity contribution in [1.82, 2.24) is 15.3 Å². The Hall–Kier alpha value is -3.73. The number of aromatic nitrogens is 2. The minimum Gasteiger partial charge on any atom is -0.494 e. The number of para-hydroxylation sites is 1. The van der Waals surface area contributed by atoms with Gasteiger partial charge in [0.25, 0.3) is 5.91 Å². The third-order valence-corrected chi connectivity index (χ3v) is 4.60. The van der Waals surface area contributed by atoms with E-state index in [4.69, 9.17) is 9.72 Å². The molecule has 0 saturated heterocycles. The third kappa shape index (κ3) is 4.24. The first-order valence-electron chi connectivity index (χ1n) is 9.54. The number of ether oxygens (including phenoxy) is 1. The molecule has 0 fully saturated rings. The van der Waals surface area contributed by atoms with E-state index >= 15 is 0 Å². The molecule has 0 aliphatic carbocycles. The molecule has 1 amide bonds. The van der Waals surface area contributed by atoms with Gasteiger partial charge in [-0.05, 0) is 55.0 Å². The van der Waals surface area contributed by atoms with Crippen LogP contribution in [-0.4, -0.2) is 22.5 Å². The SMILES string of the molecule is CCOc1ccc(-c2cc(C(=O)NCc3cccnc3)c3ccccc3n2)cc1. The third-order valence-electron chi connectivity index (χ3n) is 4.60. The monoisotopic (exact) mass is 383 g/mol. The fraction of sp³-hybridized carbons (Fsp3) is 0.125. The van der Waals surface area contributed by atoms with Crippen LogP contribution in [0.25, 0.3) is 22.2 Å². The van der Waals surface area contributed by atoms with Crippen molar-refractivity contribution >= 4 is 16.8 Å². The molecule has 0 aliphatic rings. The van der Waals surface area contributed by atoms with E-state index in [1.165, 1.54) is 0 Å². The second-order valence-electron chi connectivity index (χ2n) is 6.57. The van der Waals surface area contributed by atoms with Gasteiger partial charge in [-0.2, -0.15) is 0 Å². The number of nitrogens with zero attached hydrogens (tertiary/aromatic N) is 2. The lowest BCUT2D eigenvalue weighted by molar-refractivity contribution is 0.0952.